The molecular weight excluding hydrogens is 172 g/mol. The fourth-order valence-corrected chi connectivity index (χ4v) is 2.35. The molecule has 3 rings (SSSR count). The summed E-state index contributed by atoms with van der Waals surface area (Å²) in [7, 11) is 0. The van der Waals surface area contributed by atoms with Crippen LogP contribution >= 0.6 is 0 Å². The lowest BCUT2D eigenvalue weighted by Gasteiger charge is -2.30. The Kier molecular flexibility index (Phi) is 1.71. The molecule has 2 aliphatic rings. The summed E-state index contributed by atoms with van der Waals surface area (Å²) >= 11 is 0. The molecular formula is C12H14N2. The number of nitrogens with zero attached hydrogens (tertiary/aromatic N) is 1. The molecule has 14 heavy (non-hydrogen) atoms. The van der Waals surface area contributed by atoms with E-state index < -0.39 is 0 Å². The maximum atomic E-state index is 4.78. The quantitative estimate of drug-likeness (QED) is 0.629. The predicted octanol–water partition coefficient (Wildman–Crippen LogP) is 0.570. The van der Waals surface area contributed by atoms with Gasteiger partial charge in [-0.05, 0) is 43.2 Å². The van der Waals surface area contributed by atoms with Gasteiger partial charge < -0.3 is 0 Å². The number of hydrogen-bond acceptors (Lipinski definition) is 2. The van der Waals surface area contributed by atoms with Crippen LogP contribution in [0.15, 0.2) is 29.3 Å². The first kappa shape index (κ1) is 8.18. The predicted molar refractivity (Wildman–Crippen MR) is 56.3 cm³/mol. The molecule has 2 aliphatic heterocycles. The van der Waals surface area contributed by atoms with Crippen LogP contribution in [-0.2, 0) is 0 Å². The summed E-state index contributed by atoms with van der Waals surface area (Å²) in [5, 5.41) is 5.94. The molecule has 1 unspecified atom stereocenters. The zero-order valence-electron chi connectivity index (χ0n) is 8.16. The Morgan fingerprint density at radius 2 is 2.14 bits per heavy atom. The van der Waals surface area contributed by atoms with Gasteiger partial charge in [0.25, 0.3) is 0 Å². The van der Waals surface area contributed by atoms with Gasteiger partial charge in [-0.3, -0.25) is 10.3 Å². The van der Waals surface area contributed by atoms with E-state index in [9.17, 15) is 0 Å². The molecule has 2 heteroatoms. The summed E-state index contributed by atoms with van der Waals surface area (Å²) in [4.78, 5) is 4.78. The lowest BCUT2D eigenvalue weighted by atomic mass is 9.98. The van der Waals surface area contributed by atoms with Crippen molar-refractivity contribution in [2.24, 2.45) is 4.99 Å². The van der Waals surface area contributed by atoms with Crippen molar-refractivity contribution in [1.29, 1.82) is 0 Å². The van der Waals surface area contributed by atoms with Gasteiger partial charge in [-0.25, -0.2) is 0 Å². The highest BCUT2D eigenvalue weighted by molar-refractivity contribution is 5.40. The zero-order valence-corrected chi connectivity index (χ0v) is 8.16. The van der Waals surface area contributed by atoms with Crippen molar-refractivity contribution in [2.75, 3.05) is 6.54 Å². The zero-order chi connectivity index (χ0) is 9.43. The van der Waals surface area contributed by atoms with Crippen molar-refractivity contribution in [2.45, 2.75) is 24.9 Å². The lowest BCUT2D eigenvalue weighted by molar-refractivity contribution is 0.344. The molecule has 0 saturated carbocycles. The molecule has 1 saturated heterocycles. The molecule has 1 spiro atoms. The largest absolute Gasteiger partial charge is 0.290 e. The smallest absolute Gasteiger partial charge is 0.130 e. The van der Waals surface area contributed by atoms with E-state index in [0.29, 0.717) is 0 Å². The van der Waals surface area contributed by atoms with Crippen LogP contribution in [0.1, 0.15) is 19.3 Å². The highest BCUT2D eigenvalue weighted by Crippen LogP contribution is 2.22. The van der Waals surface area contributed by atoms with Crippen LogP contribution in [0.4, 0.5) is 0 Å². The summed E-state index contributed by atoms with van der Waals surface area (Å²) in [5.74, 6) is 0. The first-order valence-corrected chi connectivity index (χ1v) is 5.31. The van der Waals surface area contributed by atoms with E-state index in [1.54, 1.807) is 0 Å². The highest BCUT2D eigenvalue weighted by Gasteiger charge is 2.30. The Bertz CT molecular complexity index is 418. The summed E-state index contributed by atoms with van der Waals surface area (Å²) in [5.41, 5.74) is -0.0675. The van der Waals surface area contributed by atoms with Crippen molar-refractivity contribution >= 4 is 6.08 Å². The Labute approximate surface area is 83.4 Å². The van der Waals surface area contributed by atoms with Crippen molar-refractivity contribution in [3.63, 3.8) is 0 Å². The van der Waals surface area contributed by atoms with Gasteiger partial charge in [0, 0.05) is 0 Å². The van der Waals surface area contributed by atoms with Gasteiger partial charge in [-0.1, -0.05) is 18.2 Å². The normalized spacial score (nSPS) is 29.4. The maximum absolute atomic E-state index is 4.78. The van der Waals surface area contributed by atoms with Crippen LogP contribution in [-0.4, -0.2) is 12.2 Å². The van der Waals surface area contributed by atoms with Crippen LogP contribution in [0.3, 0.4) is 0 Å². The first-order chi connectivity index (χ1) is 6.88. The van der Waals surface area contributed by atoms with Crippen LogP contribution in [0, 0.1) is 0 Å². The monoisotopic (exact) mass is 186 g/mol. The summed E-state index contributed by atoms with van der Waals surface area (Å²) in [6, 6.07) is 8.37. The molecule has 1 aromatic carbocycles. The van der Waals surface area contributed by atoms with Gasteiger partial charge in [-0.15, -0.1) is 0 Å². The molecule has 1 N–H and O–H groups in total. The summed E-state index contributed by atoms with van der Waals surface area (Å²) in [6.45, 7) is 1.09. The first-order valence-electron chi connectivity index (χ1n) is 5.31. The highest BCUT2D eigenvalue weighted by atomic mass is 15.1. The van der Waals surface area contributed by atoms with Crippen LogP contribution in [0.2, 0.25) is 0 Å². The van der Waals surface area contributed by atoms with E-state index in [0.717, 1.165) is 18.3 Å². The Hall–Kier alpha value is -1.15. The Morgan fingerprint density at radius 3 is 2.93 bits per heavy atom. The van der Waals surface area contributed by atoms with E-state index in [4.69, 9.17) is 4.99 Å². The average Bonchev–Trinajstić information content (AvgIpc) is 2.56. The Balaban J connectivity index is 2.12. The standard InChI is InChI=1S/C12H14N2/c1-2-6-11-10(5-1)9-12(14-11)7-3-4-8-13-12/h1-2,5-6,9,13H,3-4,7-8H2. The molecule has 0 aromatic heterocycles. The van der Waals surface area contributed by atoms with E-state index in [2.05, 4.69) is 35.7 Å². The average molecular weight is 186 g/mol. The van der Waals surface area contributed by atoms with Crippen molar-refractivity contribution in [3.8, 4) is 0 Å². The minimum Gasteiger partial charge on any atom is -0.290 e. The number of benzene rings is 1. The van der Waals surface area contributed by atoms with E-state index >= 15 is 0 Å². The molecule has 0 amide bonds. The van der Waals surface area contributed by atoms with E-state index in [1.165, 1.54) is 18.1 Å². The topological polar surface area (TPSA) is 24.4 Å². The van der Waals surface area contributed by atoms with Crippen LogP contribution < -0.4 is 15.9 Å². The molecule has 1 aromatic rings. The van der Waals surface area contributed by atoms with Crippen LogP contribution in [0.5, 0.6) is 0 Å². The van der Waals surface area contributed by atoms with Gasteiger partial charge in [-0.2, -0.15) is 0 Å². The lowest BCUT2D eigenvalue weighted by Crippen LogP contribution is -2.44. The second kappa shape index (κ2) is 2.92. The number of fused-ring (bicyclic) bond motifs is 1. The number of piperidine rings is 1. The second-order valence-corrected chi connectivity index (χ2v) is 4.12. The molecule has 1 atom stereocenters. The summed E-state index contributed by atoms with van der Waals surface area (Å²) in [6.07, 6.45) is 5.98. The number of nitrogens with one attached hydrogen (secondary N) is 1. The maximum Gasteiger partial charge on any atom is 0.130 e. The summed E-state index contributed by atoms with van der Waals surface area (Å²) < 4.78 is 0. The van der Waals surface area contributed by atoms with Gasteiger partial charge in [0.05, 0.1) is 5.36 Å². The fourth-order valence-electron chi connectivity index (χ4n) is 2.35. The third-order valence-electron chi connectivity index (χ3n) is 3.07. The fraction of sp³-hybridized carbons (Fsp3) is 0.417. The number of rotatable bonds is 0. The van der Waals surface area contributed by atoms with Gasteiger partial charge in [0.15, 0.2) is 0 Å². The third kappa shape index (κ3) is 1.18. The molecule has 0 radical (unpaired) electrons. The molecule has 72 valence electrons. The van der Waals surface area contributed by atoms with Crippen molar-refractivity contribution < 1.29 is 0 Å². The Morgan fingerprint density at radius 1 is 1.21 bits per heavy atom. The minimum absolute atomic E-state index is 0.0675. The number of para-hydroxylation sites is 1. The van der Waals surface area contributed by atoms with Gasteiger partial charge in [0.2, 0.25) is 0 Å². The molecule has 2 nitrogen and oxygen atoms in total. The molecule has 0 aliphatic carbocycles. The molecule has 1 fully saturated rings. The van der Waals surface area contributed by atoms with Gasteiger partial charge in [0.1, 0.15) is 5.66 Å². The van der Waals surface area contributed by atoms with E-state index in [-0.39, 0.29) is 5.66 Å². The minimum atomic E-state index is -0.0675. The second-order valence-electron chi connectivity index (χ2n) is 4.12. The SMILES string of the molecule is C1=c2ccccc2=NC12CCCCN2. The van der Waals surface area contributed by atoms with Crippen LogP contribution in [0.25, 0.3) is 6.08 Å². The molecule has 0 bridgehead atoms. The van der Waals surface area contributed by atoms with Crippen molar-refractivity contribution in [1.82, 2.24) is 5.32 Å². The van der Waals surface area contributed by atoms with E-state index in [1.807, 2.05) is 0 Å². The van der Waals surface area contributed by atoms with Crippen molar-refractivity contribution in [3.05, 3.63) is 34.8 Å². The molecule has 2 heterocycles. The van der Waals surface area contributed by atoms with Gasteiger partial charge >= 0.3 is 0 Å². The number of hydrogen-bond donors (Lipinski definition) is 1. The third-order valence-corrected chi connectivity index (χ3v) is 3.07.